The largest absolute Gasteiger partial charge is 0.418 e. The summed E-state index contributed by atoms with van der Waals surface area (Å²) in [6, 6.07) is 4.22. The van der Waals surface area contributed by atoms with Crippen molar-refractivity contribution in [2.24, 2.45) is 5.92 Å². The van der Waals surface area contributed by atoms with Crippen LogP contribution in [0.3, 0.4) is 0 Å². The first kappa shape index (κ1) is 18.3. The van der Waals surface area contributed by atoms with Gasteiger partial charge < -0.3 is 5.32 Å². The molecule has 0 fully saturated rings. The van der Waals surface area contributed by atoms with Crippen LogP contribution >= 0.6 is 15.9 Å². The third-order valence-corrected chi connectivity index (χ3v) is 3.80. The first-order valence-electron chi connectivity index (χ1n) is 7.41. The Labute approximate surface area is 133 Å². The van der Waals surface area contributed by atoms with Crippen LogP contribution in [-0.4, -0.2) is 6.54 Å². The molecule has 1 N–H and O–H groups in total. The van der Waals surface area contributed by atoms with Crippen molar-refractivity contribution in [2.75, 3.05) is 11.9 Å². The number of unbranched alkanes of at least 4 members (excludes halogenated alkanes) is 3. The maximum absolute atomic E-state index is 12.9. The highest BCUT2D eigenvalue weighted by Crippen LogP contribution is 2.36. The average molecular weight is 366 g/mol. The summed E-state index contributed by atoms with van der Waals surface area (Å²) in [6.45, 7) is 4.98. The molecule has 0 aliphatic rings. The van der Waals surface area contributed by atoms with Crippen molar-refractivity contribution >= 4 is 21.6 Å². The summed E-state index contributed by atoms with van der Waals surface area (Å²) in [5.41, 5.74) is -0.454. The molecule has 1 rings (SSSR count). The van der Waals surface area contributed by atoms with Crippen molar-refractivity contribution in [3.63, 3.8) is 0 Å². The minimum Gasteiger partial charge on any atom is -0.385 e. The van der Waals surface area contributed by atoms with Gasteiger partial charge in [-0.1, -0.05) is 55.5 Å². The summed E-state index contributed by atoms with van der Waals surface area (Å²) in [7, 11) is 0. The molecule has 1 aromatic rings. The van der Waals surface area contributed by atoms with Crippen LogP contribution in [0.1, 0.15) is 51.5 Å². The summed E-state index contributed by atoms with van der Waals surface area (Å²) in [5.74, 6) is 0.722. The van der Waals surface area contributed by atoms with Gasteiger partial charge in [-0.2, -0.15) is 13.2 Å². The lowest BCUT2D eigenvalue weighted by molar-refractivity contribution is -0.137. The van der Waals surface area contributed by atoms with E-state index in [-0.39, 0.29) is 5.69 Å². The smallest absolute Gasteiger partial charge is 0.385 e. The van der Waals surface area contributed by atoms with Gasteiger partial charge in [-0.25, -0.2) is 0 Å². The molecule has 0 bridgehead atoms. The molecule has 0 spiro atoms. The van der Waals surface area contributed by atoms with E-state index in [1.54, 1.807) is 6.07 Å². The van der Waals surface area contributed by atoms with Crippen LogP contribution in [0, 0.1) is 5.92 Å². The van der Waals surface area contributed by atoms with Crippen molar-refractivity contribution in [1.82, 2.24) is 0 Å². The van der Waals surface area contributed by atoms with E-state index in [2.05, 4.69) is 35.1 Å². The first-order valence-corrected chi connectivity index (χ1v) is 8.20. The maximum atomic E-state index is 12.9. The second-order valence-corrected chi connectivity index (χ2v) is 6.63. The number of alkyl halides is 3. The van der Waals surface area contributed by atoms with Gasteiger partial charge in [-0.05, 0) is 30.5 Å². The summed E-state index contributed by atoms with van der Waals surface area (Å²) in [4.78, 5) is 0. The molecule has 0 aliphatic heterocycles. The van der Waals surface area contributed by atoms with Crippen LogP contribution in [0.4, 0.5) is 18.9 Å². The van der Waals surface area contributed by atoms with Gasteiger partial charge in [0.25, 0.3) is 0 Å². The van der Waals surface area contributed by atoms with Crippen LogP contribution in [0.5, 0.6) is 0 Å². The molecule has 0 atom stereocenters. The Balaban J connectivity index is 2.39. The van der Waals surface area contributed by atoms with E-state index in [0.717, 1.165) is 31.2 Å². The summed E-state index contributed by atoms with van der Waals surface area (Å²) in [6.07, 6.45) is 1.18. The molecule has 21 heavy (non-hydrogen) atoms. The third-order valence-electron chi connectivity index (χ3n) is 3.31. The average Bonchev–Trinajstić information content (AvgIpc) is 2.37. The van der Waals surface area contributed by atoms with Gasteiger partial charge in [-0.3, -0.25) is 0 Å². The normalized spacial score (nSPS) is 12.0. The number of anilines is 1. The molecule has 0 aliphatic carbocycles. The van der Waals surface area contributed by atoms with Gasteiger partial charge in [0.1, 0.15) is 0 Å². The topological polar surface area (TPSA) is 12.0 Å². The summed E-state index contributed by atoms with van der Waals surface area (Å²) >= 11 is 3.08. The molecule has 0 unspecified atom stereocenters. The SMILES string of the molecule is CC(C)CCCCCCNc1ccc(Br)cc1C(F)(F)F. The Kier molecular flexibility index (Phi) is 7.57. The zero-order chi connectivity index (χ0) is 15.9. The third kappa shape index (κ3) is 7.21. The molecule has 0 saturated heterocycles. The van der Waals surface area contributed by atoms with Crippen LogP contribution in [0.15, 0.2) is 22.7 Å². The number of nitrogens with one attached hydrogen (secondary N) is 1. The van der Waals surface area contributed by atoms with E-state index in [1.165, 1.54) is 18.9 Å². The van der Waals surface area contributed by atoms with Crippen molar-refractivity contribution in [2.45, 2.75) is 52.1 Å². The highest BCUT2D eigenvalue weighted by molar-refractivity contribution is 9.10. The van der Waals surface area contributed by atoms with E-state index >= 15 is 0 Å². The zero-order valence-corrected chi connectivity index (χ0v) is 14.1. The van der Waals surface area contributed by atoms with Crippen LogP contribution in [-0.2, 0) is 6.18 Å². The molecule has 0 saturated carbocycles. The van der Waals surface area contributed by atoms with Crippen LogP contribution in [0.2, 0.25) is 0 Å². The molecule has 0 radical (unpaired) electrons. The Morgan fingerprint density at radius 1 is 1.10 bits per heavy atom. The fourth-order valence-corrected chi connectivity index (χ4v) is 2.52. The zero-order valence-electron chi connectivity index (χ0n) is 12.6. The Morgan fingerprint density at radius 3 is 2.38 bits per heavy atom. The molecule has 0 amide bonds. The predicted molar refractivity (Wildman–Crippen MR) is 85.6 cm³/mol. The fourth-order valence-electron chi connectivity index (χ4n) is 2.16. The molecule has 120 valence electrons. The number of rotatable bonds is 8. The number of hydrogen-bond acceptors (Lipinski definition) is 1. The number of halogens is 4. The predicted octanol–water partition coefficient (Wildman–Crippen LogP) is 6.49. The van der Waals surface area contributed by atoms with Crippen LogP contribution in [0.25, 0.3) is 0 Å². The molecule has 1 aromatic carbocycles. The molecule has 5 heteroatoms. The van der Waals surface area contributed by atoms with Gasteiger partial charge in [0, 0.05) is 16.7 Å². The van der Waals surface area contributed by atoms with Crippen molar-refractivity contribution < 1.29 is 13.2 Å². The van der Waals surface area contributed by atoms with E-state index in [0.29, 0.717) is 11.0 Å². The lowest BCUT2D eigenvalue weighted by atomic mass is 10.0. The second-order valence-electron chi connectivity index (χ2n) is 5.71. The maximum Gasteiger partial charge on any atom is 0.418 e. The Bertz CT molecular complexity index is 430. The minimum atomic E-state index is -4.33. The molecular formula is C16H23BrF3N. The standard InChI is InChI=1S/C16H23BrF3N/c1-12(2)7-5-3-4-6-10-21-15-9-8-13(17)11-14(15)16(18,19)20/h8-9,11-12,21H,3-7,10H2,1-2H3. The quantitative estimate of drug-likeness (QED) is 0.519. The molecular weight excluding hydrogens is 343 g/mol. The first-order chi connectivity index (χ1) is 9.80. The Hall–Kier alpha value is -0.710. The van der Waals surface area contributed by atoms with Crippen molar-refractivity contribution in [1.29, 1.82) is 0 Å². The van der Waals surface area contributed by atoms with Gasteiger partial charge in [0.05, 0.1) is 5.56 Å². The molecule has 1 nitrogen and oxygen atoms in total. The fraction of sp³-hybridized carbons (Fsp3) is 0.625. The van der Waals surface area contributed by atoms with Crippen molar-refractivity contribution in [3.05, 3.63) is 28.2 Å². The number of hydrogen-bond donors (Lipinski definition) is 1. The lowest BCUT2D eigenvalue weighted by Gasteiger charge is -2.15. The van der Waals surface area contributed by atoms with Crippen molar-refractivity contribution in [3.8, 4) is 0 Å². The minimum absolute atomic E-state index is 0.160. The van der Waals surface area contributed by atoms with Gasteiger partial charge in [-0.15, -0.1) is 0 Å². The lowest BCUT2D eigenvalue weighted by Crippen LogP contribution is -2.11. The number of benzene rings is 1. The van der Waals surface area contributed by atoms with E-state index in [4.69, 9.17) is 0 Å². The molecule has 0 aromatic heterocycles. The summed E-state index contributed by atoms with van der Waals surface area (Å²) in [5, 5.41) is 2.91. The van der Waals surface area contributed by atoms with E-state index < -0.39 is 11.7 Å². The van der Waals surface area contributed by atoms with E-state index in [9.17, 15) is 13.2 Å². The van der Waals surface area contributed by atoms with Gasteiger partial charge in [0.15, 0.2) is 0 Å². The highest BCUT2D eigenvalue weighted by Gasteiger charge is 2.33. The summed E-state index contributed by atoms with van der Waals surface area (Å²) < 4.78 is 39.2. The highest BCUT2D eigenvalue weighted by atomic mass is 79.9. The van der Waals surface area contributed by atoms with Gasteiger partial charge >= 0.3 is 6.18 Å². The Morgan fingerprint density at radius 2 is 1.76 bits per heavy atom. The van der Waals surface area contributed by atoms with E-state index in [1.807, 2.05) is 0 Å². The van der Waals surface area contributed by atoms with Gasteiger partial charge in [0.2, 0.25) is 0 Å². The monoisotopic (exact) mass is 365 g/mol. The molecule has 0 heterocycles. The van der Waals surface area contributed by atoms with Crippen LogP contribution < -0.4 is 5.32 Å². The second kappa shape index (κ2) is 8.66.